The molecule has 2 rings (SSSR count). The molecular formula is C17H25ClN2O3. The molecule has 0 aliphatic heterocycles. The van der Waals surface area contributed by atoms with Crippen molar-refractivity contribution in [3.63, 3.8) is 0 Å². The first-order chi connectivity index (χ1) is 11.0. The highest BCUT2D eigenvalue weighted by atomic mass is 35.5. The van der Waals surface area contributed by atoms with Crippen molar-refractivity contribution in [3.05, 3.63) is 28.4 Å². The number of hydrogen-bond donors (Lipinski definition) is 2. The number of carbonyl (C=O) groups excluding carboxylic acids is 1. The summed E-state index contributed by atoms with van der Waals surface area (Å²) in [5.74, 6) is -0.606. The zero-order valence-electron chi connectivity index (χ0n) is 14.2. The summed E-state index contributed by atoms with van der Waals surface area (Å²) in [7, 11) is 1.52. The Bertz CT molecular complexity index is 649. The zero-order valence-corrected chi connectivity index (χ0v) is 14.9. The number of nitrogens with two attached hydrogens (primary N) is 1. The molecule has 0 fully saturated rings. The maximum atomic E-state index is 10.7. The van der Waals surface area contributed by atoms with Gasteiger partial charge in [0.1, 0.15) is 5.75 Å². The summed E-state index contributed by atoms with van der Waals surface area (Å²) in [5.41, 5.74) is 2.22. The number of carboxylic acid groups (broad SMARTS) is 1. The predicted molar refractivity (Wildman–Crippen MR) is 90.9 cm³/mol. The second-order valence-corrected chi connectivity index (χ2v) is 5.65. The van der Waals surface area contributed by atoms with Crippen molar-refractivity contribution in [3.8, 4) is 5.75 Å². The van der Waals surface area contributed by atoms with E-state index < -0.39 is 5.97 Å². The average Bonchev–Trinajstić information content (AvgIpc) is 2.82. The summed E-state index contributed by atoms with van der Waals surface area (Å²) >= 11 is 6.19. The van der Waals surface area contributed by atoms with Crippen molar-refractivity contribution in [2.75, 3.05) is 20.2 Å². The molecular weight excluding hydrogens is 316 g/mol. The van der Waals surface area contributed by atoms with E-state index in [0.717, 1.165) is 11.2 Å². The summed E-state index contributed by atoms with van der Waals surface area (Å²) < 4.78 is 5.11. The Labute approximate surface area is 142 Å². The number of carboxylic acids is 1. The standard InChI is InChI=1S/C12H12ClNO3.C5H13N/c1-6-7(5-10(15)16)11-8(14-6)3-4-9(17-2)12(11)13;1-3-5-6-4-2/h3-4,14H,5H2,1-2H3,(H,15,16);6H,3-5H2,1-2H3. The Hall–Kier alpha value is -1.72. The number of H-pyrrole nitrogens is 1. The van der Waals surface area contributed by atoms with E-state index in [4.69, 9.17) is 16.3 Å². The van der Waals surface area contributed by atoms with Crippen LogP contribution in [0.1, 0.15) is 31.5 Å². The fourth-order valence-corrected chi connectivity index (χ4v) is 2.71. The summed E-state index contributed by atoms with van der Waals surface area (Å²) in [4.78, 5) is 13.8. The van der Waals surface area contributed by atoms with Gasteiger partial charge in [0, 0.05) is 29.0 Å². The minimum atomic E-state index is -1.13. The fourth-order valence-electron chi connectivity index (χ4n) is 2.35. The van der Waals surface area contributed by atoms with Crippen LogP contribution in [-0.4, -0.2) is 31.2 Å². The van der Waals surface area contributed by atoms with Crippen molar-refractivity contribution in [1.29, 1.82) is 0 Å². The second-order valence-electron chi connectivity index (χ2n) is 5.27. The molecule has 6 heteroatoms. The van der Waals surface area contributed by atoms with Gasteiger partial charge in [-0.05, 0) is 38.0 Å². The van der Waals surface area contributed by atoms with Crippen molar-refractivity contribution in [2.45, 2.75) is 33.6 Å². The van der Waals surface area contributed by atoms with Gasteiger partial charge < -0.3 is 24.9 Å². The summed E-state index contributed by atoms with van der Waals surface area (Å²) in [5, 5.41) is 14.1. The van der Waals surface area contributed by atoms with Gasteiger partial charge >= 0.3 is 0 Å². The van der Waals surface area contributed by atoms with Crippen molar-refractivity contribution >= 4 is 28.5 Å². The van der Waals surface area contributed by atoms with Crippen molar-refractivity contribution in [1.82, 2.24) is 4.98 Å². The number of hydrogen-bond acceptors (Lipinski definition) is 3. The minimum absolute atomic E-state index is 0.168. The lowest BCUT2D eigenvalue weighted by molar-refractivity contribution is -0.651. The van der Waals surface area contributed by atoms with Crippen LogP contribution in [0.2, 0.25) is 5.02 Å². The molecule has 0 bridgehead atoms. The van der Waals surface area contributed by atoms with Crippen LogP contribution in [0.25, 0.3) is 10.9 Å². The Kier molecular flexibility index (Phi) is 7.92. The molecule has 0 aliphatic rings. The quantitative estimate of drug-likeness (QED) is 0.780. The average molecular weight is 341 g/mol. The first kappa shape index (κ1) is 19.3. The molecule has 1 heterocycles. The third-order valence-corrected chi connectivity index (χ3v) is 3.88. The Morgan fingerprint density at radius 3 is 2.57 bits per heavy atom. The van der Waals surface area contributed by atoms with E-state index in [1.54, 1.807) is 13.0 Å². The van der Waals surface area contributed by atoms with Gasteiger partial charge in [-0.2, -0.15) is 0 Å². The number of rotatable bonds is 6. The minimum Gasteiger partial charge on any atom is -0.550 e. The smallest absolute Gasteiger partial charge is 0.138 e. The first-order valence-corrected chi connectivity index (χ1v) is 8.19. The van der Waals surface area contributed by atoms with Gasteiger partial charge in [-0.3, -0.25) is 0 Å². The molecule has 128 valence electrons. The van der Waals surface area contributed by atoms with E-state index in [0.29, 0.717) is 21.7 Å². The molecule has 3 N–H and O–H groups in total. The molecule has 0 aliphatic carbocycles. The third kappa shape index (κ3) is 5.15. The lowest BCUT2D eigenvalue weighted by Gasteiger charge is -2.06. The number of benzene rings is 1. The fraction of sp³-hybridized carbons (Fsp3) is 0.471. The van der Waals surface area contributed by atoms with Crippen LogP contribution in [0.5, 0.6) is 5.75 Å². The molecule has 0 amide bonds. The SMILES string of the molecule is CCC[NH2+]CC.COc1ccc2[nH]c(C)c(CC(=O)[O-])c2c1Cl. The van der Waals surface area contributed by atoms with Gasteiger partial charge in [0.25, 0.3) is 0 Å². The molecule has 1 aromatic carbocycles. The highest BCUT2D eigenvalue weighted by Gasteiger charge is 2.14. The van der Waals surface area contributed by atoms with Crippen LogP contribution in [-0.2, 0) is 11.2 Å². The maximum Gasteiger partial charge on any atom is 0.138 e. The highest BCUT2D eigenvalue weighted by molar-refractivity contribution is 6.37. The number of carbonyl (C=O) groups is 1. The van der Waals surface area contributed by atoms with Crippen molar-refractivity contribution < 1.29 is 20.0 Å². The van der Waals surface area contributed by atoms with Gasteiger partial charge in [-0.1, -0.05) is 18.5 Å². The van der Waals surface area contributed by atoms with Gasteiger partial charge in [0.2, 0.25) is 0 Å². The van der Waals surface area contributed by atoms with Gasteiger partial charge in [0.05, 0.1) is 25.2 Å². The monoisotopic (exact) mass is 340 g/mol. The van der Waals surface area contributed by atoms with E-state index >= 15 is 0 Å². The number of methoxy groups -OCH3 is 1. The lowest BCUT2D eigenvalue weighted by Crippen LogP contribution is -2.83. The van der Waals surface area contributed by atoms with Crippen LogP contribution in [0.4, 0.5) is 0 Å². The second kappa shape index (κ2) is 9.43. The predicted octanol–water partition coefficient (Wildman–Crippen LogP) is 1.41. The number of quaternary nitrogens is 1. The molecule has 0 saturated carbocycles. The largest absolute Gasteiger partial charge is 0.550 e. The lowest BCUT2D eigenvalue weighted by atomic mass is 10.1. The topological polar surface area (TPSA) is 81.8 Å². The number of halogens is 1. The van der Waals surface area contributed by atoms with Crippen LogP contribution in [0.15, 0.2) is 12.1 Å². The van der Waals surface area contributed by atoms with Crippen LogP contribution < -0.4 is 15.2 Å². The van der Waals surface area contributed by atoms with E-state index in [-0.39, 0.29) is 6.42 Å². The maximum absolute atomic E-state index is 10.7. The Morgan fingerprint density at radius 2 is 2.09 bits per heavy atom. The molecule has 5 nitrogen and oxygen atoms in total. The number of aliphatic carboxylic acids is 1. The van der Waals surface area contributed by atoms with E-state index in [1.165, 1.54) is 26.6 Å². The first-order valence-electron chi connectivity index (χ1n) is 7.81. The Morgan fingerprint density at radius 1 is 1.39 bits per heavy atom. The van der Waals surface area contributed by atoms with Gasteiger partial charge in [-0.15, -0.1) is 0 Å². The molecule has 0 radical (unpaired) electrons. The molecule has 2 aromatic rings. The Balaban J connectivity index is 0.000000379. The van der Waals surface area contributed by atoms with Gasteiger partial charge in [-0.25, -0.2) is 0 Å². The zero-order chi connectivity index (χ0) is 17.4. The summed E-state index contributed by atoms with van der Waals surface area (Å²) in [6, 6.07) is 3.55. The molecule has 0 saturated heterocycles. The van der Waals surface area contributed by atoms with E-state index in [2.05, 4.69) is 24.1 Å². The number of aromatic amines is 1. The number of aryl methyl sites for hydroxylation is 1. The normalized spacial score (nSPS) is 10.3. The van der Waals surface area contributed by atoms with Crippen molar-refractivity contribution in [2.24, 2.45) is 0 Å². The molecule has 1 aromatic heterocycles. The molecule has 0 spiro atoms. The number of ether oxygens (including phenoxy) is 1. The number of fused-ring (bicyclic) bond motifs is 1. The highest BCUT2D eigenvalue weighted by Crippen LogP contribution is 2.36. The van der Waals surface area contributed by atoms with E-state index in [9.17, 15) is 9.90 Å². The van der Waals surface area contributed by atoms with Crippen LogP contribution >= 0.6 is 11.6 Å². The number of aromatic nitrogens is 1. The molecule has 0 unspecified atom stereocenters. The molecule has 23 heavy (non-hydrogen) atoms. The van der Waals surface area contributed by atoms with Crippen LogP contribution in [0, 0.1) is 6.92 Å². The molecule has 0 atom stereocenters. The summed E-state index contributed by atoms with van der Waals surface area (Å²) in [6.45, 7) is 8.70. The van der Waals surface area contributed by atoms with Gasteiger partial charge in [0.15, 0.2) is 0 Å². The third-order valence-electron chi connectivity index (χ3n) is 3.51. The van der Waals surface area contributed by atoms with E-state index in [1.807, 2.05) is 6.07 Å². The summed E-state index contributed by atoms with van der Waals surface area (Å²) in [6.07, 6.45) is 1.13. The number of nitrogens with one attached hydrogen (secondary N) is 1. The van der Waals surface area contributed by atoms with Crippen LogP contribution in [0.3, 0.4) is 0 Å².